The number of halogens is 1. The first-order valence-corrected chi connectivity index (χ1v) is 8.32. The lowest BCUT2D eigenvalue weighted by atomic mass is 10.0. The molecule has 0 unspecified atom stereocenters. The lowest BCUT2D eigenvalue weighted by molar-refractivity contribution is -0.156. The van der Waals surface area contributed by atoms with Crippen molar-refractivity contribution in [2.45, 2.75) is 39.2 Å². The van der Waals surface area contributed by atoms with E-state index in [1.165, 1.54) is 0 Å². The molecular formula is C19H25FN2O3. The Bertz CT molecular complexity index is 720. The summed E-state index contributed by atoms with van der Waals surface area (Å²) in [6, 6.07) is 5.30. The molecule has 6 heteroatoms. The molecule has 0 saturated heterocycles. The van der Waals surface area contributed by atoms with Crippen LogP contribution in [-0.4, -0.2) is 34.6 Å². The molecule has 0 aliphatic heterocycles. The number of ether oxygens (including phenoxy) is 2. The van der Waals surface area contributed by atoms with Crippen LogP contribution < -0.4 is 0 Å². The Hall–Kier alpha value is -2.21. The molecule has 0 radical (unpaired) electrons. The molecule has 0 bridgehead atoms. The summed E-state index contributed by atoms with van der Waals surface area (Å²) in [6.45, 7) is 6.08. The van der Waals surface area contributed by atoms with Crippen LogP contribution >= 0.6 is 0 Å². The fraction of sp³-hybridized carbons (Fsp3) is 0.474. The van der Waals surface area contributed by atoms with Gasteiger partial charge in [-0.2, -0.15) is 5.10 Å². The summed E-state index contributed by atoms with van der Waals surface area (Å²) in [5.74, 6) is -0.552. The first-order chi connectivity index (χ1) is 11.8. The Labute approximate surface area is 147 Å². The standard InChI is InChI=1S/C19H25FN2O3/c1-19(2,3)25-17(23)9-11-24-10-8-14-6-5-7-16(18(14)20)15-12-21-22(4)13-15/h5-7,12-13H,8-11H2,1-4H3. The van der Waals surface area contributed by atoms with Crippen molar-refractivity contribution in [2.24, 2.45) is 7.05 Å². The number of benzene rings is 1. The van der Waals surface area contributed by atoms with Crippen molar-refractivity contribution in [3.05, 3.63) is 42.0 Å². The monoisotopic (exact) mass is 348 g/mol. The van der Waals surface area contributed by atoms with E-state index in [0.29, 0.717) is 24.2 Å². The summed E-state index contributed by atoms with van der Waals surface area (Å²) in [6.07, 6.45) is 4.04. The lowest BCUT2D eigenvalue weighted by Gasteiger charge is -2.19. The van der Waals surface area contributed by atoms with Gasteiger partial charge in [-0.15, -0.1) is 0 Å². The number of hydrogen-bond acceptors (Lipinski definition) is 4. The fourth-order valence-electron chi connectivity index (χ4n) is 2.39. The van der Waals surface area contributed by atoms with Crippen molar-refractivity contribution < 1.29 is 18.7 Å². The second kappa shape index (κ2) is 8.25. The summed E-state index contributed by atoms with van der Waals surface area (Å²) in [7, 11) is 1.80. The topological polar surface area (TPSA) is 53.4 Å². The van der Waals surface area contributed by atoms with Crippen LogP contribution in [0.15, 0.2) is 30.6 Å². The molecule has 0 aliphatic rings. The van der Waals surface area contributed by atoms with Gasteiger partial charge >= 0.3 is 5.97 Å². The van der Waals surface area contributed by atoms with Gasteiger partial charge in [0.15, 0.2) is 0 Å². The molecule has 0 N–H and O–H groups in total. The predicted molar refractivity (Wildman–Crippen MR) is 93.6 cm³/mol. The molecule has 0 fully saturated rings. The number of aromatic nitrogens is 2. The van der Waals surface area contributed by atoms with Crippen LogP contribution in [0.2, 0.25) is 0 Å². The number of rotatable bonds is 7. The fourth-order valence-corrected chi connectivity index (χ4v) is 2.39. The maximum absolute atomic E-state index is 14.6. The van der Waals surface area contributed by atoms with Crippen molar-refractivity contribution in [2.75, 3.05) is 13.2 Å². The average Bonchev–Trinajstić information content (AvgIpc) is 2.93. The van der Waals surface area contributed by atoms with E-state index in [9.17, 15) is 9.18 Å². The molecule has 0 aliphatic carbocycles. The van der Waals surface area contributed by atoms with Gasteiger partial charge in [0.1, 0.15) is 11.4 Å². The van der Waals surface area contributed by atoms with E-state index in [1.54, 1.807) is 36.3 Å². The molecule has 0 amide bonds. The van der Waals surface area contributed by atoms with Gasteiger partial charge in [0.05, 0.1) is 25.8 Å². The average molecular weight is 348 g/mol. The minimum atomic E-state index is -0.493. The third-order valence-corrected chi connectivity index (χ3v) is 3.48. The van der Waals surface area contributed by atoms with Crippen LogP contribution in [0.4, 0.5) is 4.39 Å². The van der Waals surface area contributed by atoms with Gasteiger partial charge < -0.3 is 9.47 Å². The van der Waals surface area contributed by atoms with E-state index in [2.05, 4.69) is 5.10 Å². The van der Waals surface area contributed by atoms with Crippen molar-refractivity contribution >= 4 is 5.97 Å². The van der Waals surface area contributed by atoms with Crippen molar-refractivity contribution in [1.82, 2.24) is 9.78 Å². The Morgan fingerprint density at radius 3 is 2.68 bits per heavy atom. The third kappa shape index (κ3) is 5.98. The van der Waals surface area contributed by atoms with E-state index >= 15 is 0 Å². The van der Waals surface area contributed by atoms with Gasteiger partial charge in [-0.3, -0.25) is 9.48 Å². The van der Waals surface area contributed by atoms with Crippen LogP contribution in [0.5, 0.6) is 0 Å². The molecule has 0 spiro atoms. The number of nitrogens with zero attached hydrogens (tertiary/aromatic N) is 2. The van der Waals surface area contributed by atoms with Crippen molar-refractivity contribution in [3.63, 3.8) is 0 Å². The Morgan fingerprint density at radius 2 is 2.04 bits per heavy atom. The van der Waals surface area contributed by atoms with Gasteiger partial charge in [0.2, 0.25) is 0 Å². The largest absolute Gasteiger partial charge is 0.460 e. The van der Waals surface area contributed by atoms with Crippen LogP contribution in [0.1, 0.15) is 32.8 Å². The van der Waals surface area contributed by atoms with Crippen LogP contribution in [0.3, 0.4) is 0 Å². The maximum atomic E-state index is 14.6. The normalized spacial score (nSPS) is 11.6. The summed E-state index contributed by atoms with van der Waals surface area (Å²) in [5, 5.41) is 4.07. The summed E-state index contributed by atoms with van der Waals surface area (Å²) >= 11 is 0. The first-order valence-electron chi connectivity index (χ1n) is 8.32. The van der Waals surface area contributed by atoms with E-state index < -0.39 is 5.60 Å². The smallest absolute Gasteiger partial charge is 0.308 e. The van der Waals surface area contributed by atoms with Crippen LogP contribution in [0.25, 0.3) is 11.1 Å². The van der Waals surface area contributed by atoms with Crippen molar-refractivity contribution in [3.8, 4) is 11.1 Å². The molecule has 1 heterocycles. The highest BCUT2D eigenvalue weighted by molar-refractivity contribution is 5.69. The Balaban J connectivity index is 1.83. The maximum Gasteiger partial charge on any atom is 0.308 e. The van der Waals surface area contributed by atoms with E-state index in [4.69, 9.17) is 9.47 Å². The molecule has 5 nitrogen and oxygen atoms in total. The van der Waals surface area contributed by atoms with Crippen LogP contribution in [-0.2, 0) is 27.7 Å². The molecule has 0 atom stereocenters. The Kier molecular flexibility index (Phi) is 6.31. The SMILES string of the molecule is Cn1cc(-c2cccc(CCOCCC(=O)OC(C)(C)C)c2F)cn1. The summed E-state index contributed by atoms with van der Waals surface area (Å²) in [4.78, 5) is 11.6. The number of carbonyl (C=O) groups is 1. The first kappa shape index (κ1) is 19.1. The van der Waals surface area contributed by atoms with Crippen molar-refractivity contribution in [1.29, 1.82) is 0 Å². The zero-order valence-electron chi connectivity index (χ0n) is 15.2. The Morgan fingerprint density at radius 1 is 1.28 bits per heavy atom. The molecule has 2 aromatic rings. The zero-order chi connectivity index (χ0) is 18.4. The zero-order valence-corrected chi connectivity index (χ0v) is 15.2. The predicted octanol–water partition coefficient (Wildman–Crippen LogP) is 3.52. The highest BCUT2D eigenvalue weighted by Gasteiger charge is 2.16. The molecule has 2 rings (SSSR count). The van der Waals surface area contributed by atoms with Gasteiger partial charge in [-0.25, -0.2) is 4.39 Å². The molecule has 1 aromatic carbocycles. The van der Waals surface area contributed by atoms with E-state index in [0.717, 1.165) is 5.56 Å². The van der Waals surface area contributed by atoms with Gasteiger partial charge in [-0.05, 0) is 32.8 Å². The lowest BCUT2D eigenvalue weighted by Crippen LogP contribution is -2.24. The summed E-state index contributed by atoms with van der Waals surface area (Å²) in [5.41, 5.74) is 1.36. The summed E-state index contributed by atoms with van der Waals surface area (Å²) < 4.78 is 26.9. The number of esters is 1. The number of hydrogen-bond donors (Lipinski definition) is 0. The highest BCUT2D eigenvalue weighted by Crippen LogP contribution is 2.24. The molecule has 0 saturated carbocycles. The van der Waals surface area contributed by atoms with E-state index in [-0.39, 0.29) is 24.8 Å². The second-order valence-electron chi connectivity index (χ2n) is 6.88. The molecular weight excluding hydrogens is 323 g/mol. The molecule has 1 aromatic heterocycles. The van der Waals surface area contributed by atoms with Crippen LogP contribution in [0, 0.1) is 5.82 Å². The van der Waals surface area contributed by atoms with Gasteiger partial charge in [-0.1, -0.05) is 18.2 Å². The number of aryl methyl sites for hydroxylation is 1. The quantitative estimate of drug-likeness (QED) is 0.567. The minimum Gasteiger partial charge on any atom is -0.460 e. The van der Waals surface area contributed by atoms with Gasteiger partial charge in [0.25, 0.3) is 0 Å². The highest BCUT2D eigenvalue weighted by atomic mass is 19.1. The second-order valence-corrected chi connectivity index (χ2v) is 6.88. The van der Waals surface area contributed by atoms with E-state index in [1.807, 2.05) is 26.8 Å². The molecule has 136 valence electrons. The minimum absolute atomic E-state index is 0.190. The van der Waals surface area contributed by atoms with Gasteiger partial charge in [0, 0.05) is 24.4 Å². The number of carbonyl (C=O) groups excluding carboxylic acids is 1. The third-order valence-electron chi connectivity index (χ3n) is 3.48. The molecule has 25 heavy (non-hydrogen) atoms.